The second kappa shape index (κ2) is 15.0. The molecule has 0 atom stereocenters. The molecule has 10 aromatic carbocycles. The number of aromatic nitrogens is 3. The Labute approximate surface area is 374 Å². The van der Waals surface area contributed by atoms with Crippen LogP contribution in [0.25, 0.3) is 133 Å². The predicted molar refractivity (Wildman–Crippen MR) is 270 cm³/mol. The number of nitrogens with zero attached hydrogens (tertiary/aromatic N) is 3. The van der Waals surface area contributed by atoms with Crippen LogP contribution in [0.4, 0.5) is 0 Å². The maximum atomic E-state index is 6.73. The minimum Gasteiger partial charge on any atom is -0.454 e. The molecule has 0 saturated carbocycles. The highest BCUT2D eigenvalue weighted by Gasteiger charge is 2.20. The SMILES string of the molecule is c1ccc(-c2ccc(-c3cc(-c4cccc(-c5ccc6c(c5)nc(-c5ccc7c8ccccc8c8ccccc8c7c5)c5oc7ccccc7c56)c4)nc(-c4ccccc4)n3)cc2)cc1. The molecular formula is C61H37N3O. The Balaban J connectivity index is 0.955. The standard InChI is InChI=1S/C61H37N3O/c1-3-14-38(15-4-1)39-26-28-40(29-27-39)54-37-55(64-61(63-54)41-16-5-2-6-17-41)44-19-13-18-42(34-44)43-30-33-51-56(36-43)62-59(60-58(51)52-24-11-12-25-57(52)65-60)45-31-32-50-48-22-8-7-20-46(48)47-21-9-10-23-49(47)53(50)35-45/h1-37H. The molecule has 302 valence electrons. The first-order valence-electron chi connectivity index (χ1n) is 22.0. The summed E-state index contributed by atoms with van der Waals surface area (Å²) in [6.45, 7) is 0. The molecule has 3 heterocycles. The average molecular weight is 828 g/mol. The van der Waals surface area contributed by atoms with E-state index >= 15 is 0 Å². The van der Waals surface area contributed by atoms with Crippen molar-refractivity contribution in [2.24, 2.45) is 0 Å². The Morgan fingerprint density at radius 1 is 0.277 bits per heavy atom. The molecule has 13 rings (SSSR count). The van der Waals surface area contributed by atoms with Gasteiger partial charge in [-0.3, -0.25) is 0 Å². The first-order valence-corrected chi connectivity index (χ1v) is 22.0. The van der Waals surface area contributed by atoms with Crippen LogP contribution < -0.4 is 0 Å². The predicted octanol–water partition coefficient (Wildman–Crippen LogP) is 16.4. The highest BCUT2D eigenvalue weighted by Crippen LogP contribution is 2.43. The van der Waals surface area contributed by atoms with Crippen LogP contribution in [-0.4, -0.2) is 15.0 Å². The summed E-state index contributed by atoms with van der Waals surface area (Å²) in [7, 11) is 0. The van der Waals surface area contributed by atoms with Gasteiger partial charge in [0.15, 0.2) is 11.4 Å². The van der Waals surface area contributed by atoms with Crippen molar-refractivity contribution < 1.29 is 4.42 Å². The van der Waals surface area contributed by atoms with E-state index in [1.807, 2.05) is 36.4 Å². The number of furan rings is 1. The first kappa shape index (κ1) is 36.9. The monoisotopic (exact) mass is 827 g/mol. The van der Waals surface area contributed by atoms with E-state index in [9.17, 15) is 0 Å². The van der Waals surface area contributed by atoms with Gasteiger partial charge in [0, 0.05) is 38.4 Å². The van der Waals surface area contributed by atoms with Crippen molar-refractivity contribution in [2.45, 2.75) is 0 Å². The lowest BCUT2D eigenvalue weighted by Crippen LogP contribution is -1.96. The molecule has 0 bridgehead atoms. The van der Waals surface area contributed by atoms with Crippen LogP contribution in [0.2, 0.25) is 0 Å². The molecule has 0 aliphatic rings. The van der Waals surface area contributed by atoms with Crippen molar-refractivity contribution in [3.05, 3.63) is 224 Å². The number of pyridine rings is 1. The molecule has 0 radical (unpaired) electrons. The summed E-state index contributed by atoms with van der Waals surface area (Å²) in [5.41, 5.74) is 13.6. The molecule has 0 aliphatic heterocycles. The van der Waals surface area contributed by atoms with E-state index in [0.717, 1.165) is 88.9 Å². The quantitative estimate of drug-likeness (QED) is 0.157. The molecule has 0 amide bonds. The summed E-state index contributed by atoms with van der Waals surface area (Å²) in [6.07, 6.45) is 0. The van der Waals surface area contributed by atoms with Gasteiger partial charge in [0.25, 0.3) is 0 Å². The van der Waals surface area contributed by atoms with Crippen LogP contribution in [-0.2, 0) is 0 Å². The zero-order chi connectivity index (χ0) is 42.8. The summed E-state index contributed by atoms with van der Waals surface area (Å²) in [6, 6.07) is 79.1. The number of hydrogen-bond donors (Lipinski definition) is 0. The lowest BCUT2D eigenvalue weighted by atomic mass is 9.92. The van der Waals surface area contributed by atoms with Gasteiger partial charge in [0.05, 0.1) is 16.9 Å². The number of benzene rings is 10. The summed E-state index contributed by atoms with van der Waals surface area (Å²) in [5, 5.41) is 10.6. The van der Waals surface area contributed by atoms with Gasteiger partial charge >= 0.3 is 0 Å². The summed E-state index contributed by atoms with van der Waals surface area (Å²) in [5.74, 6) is 0.685. The number of rotatable bonds is 6. The normalized spacial score (nSPS) is 11.7. The van der Waals surface area contributed by atoms with Crippen molar-refractivity contribution in [2.75, 3.05) is 0 Å². The van der Waals surface area contributed by atoms with Gasteiger partial charge in [0.1, 0.15) is 11.3 Å². The molecule has 0 N–H and O–H groups in total. The Hall–Kier alpha value is -8.73. The largest absolute Gasteiger partial charge is 0.454 e. The summed E-state index contributed by atoms with van der Waals surface area (Å²) < 4.78 is 6.73. The van der Waals surface area contributed by atoms with Crippen LogP contribution in [0, 0.1) is 0 Å². The third-order valence-corrected chi connectivity index (χ3v) is 12.9. The second-order valence-electron chi connectivity index (χ2n) is 16.7. The Kier molecular flexibility index (Phi) is 8.50. The molecule has 4 nitrogen and oxygen atoms in total. The van der Waals surface area contributed by atoms with Gasteiger partial charge in [-0.2, -0.15) is 0 Å². The fourth-order valence-electron chi connectivity index (χ4n) is 9.70. The van der Waals surface area contributed by atoms with Gasteiger partial charge < -0.3 is 4.42 Å². The Bertz CT molecular complexity index is 3950. The van der Waals surface area contributed by atoms with E-state index < -0.39 is 0 Å². The van der Waals surface area contributed by atoms with E-state index in [-0.39, 0.29) is 0 Å². The van der Waals surface area contributed by atoms with E-state index in [4.69, 9.17) is 19.4 Å². The lowest BCUT2D eigenvalue weighted by Gasteiger charge is -2.13. The summed E-state index contributed by atoms with van der Waals surface area (Å²) >= 11 is 0. The molecule has 0 saturated heterocycles. The summed E-state index contributed by atoms with van der Waals surface area (Å²) in [4.78, 5) is 15.8. The van der Waals surface area contributed by atoms with E-state index in [2.05, 4.69) is 188 Å². The number of para-hydroxylation sites is 1. The topological polar surface area (TPSA) is 51.8 Å². The van der Waals surface area contributed by atoms with Crippen molar-refractivity contribution in [1.29, 1.82) is 0 Å². The Morgan fingerprint density at radius 2 is 0.769 bits per heavy atom. The first-order chi connectivity index (χ1) is 32.2. The van der Waals surface area contributed by atoms with Crippen LogP contribution >= 0.6 is 0 Å². The van der Waals surface area contributed by atoms with Crippen LogP contribution in [0.1, 0.15) is 0 Å². The van der Waals surface area contributed by atoms with Gasteiger partial charge in [-0.15, -0.1) is 0 Å². The molecule has 13 aromatic rings. The molecule has 3 aromatic heterocycles. The molecule has 0 aliphatic carbocycles. The van der Waals surface area contributed by atoms with Gasteiger partial charge in [-0.25, -0.2) is 15.0 Å². The third kappa shape index (κ3) is 6.26. The Morgan fingerprint density at radius 3 is 1.49 bits per heavy atom. The van der Waals surface area contributed by atoms with Gasteiger partial charge in [-0.1, -0.05) is 194 Å². The fraction of sp³-hybridized carbons (Fsp3) is 0. The van der Waals surface area contributed by atoms with Crippen molar-refractivity contribution >= 4 is 65.2 Å². The fourth-order valence-corrected chi connectivity index (χ4v) is 9.70. The van der Waals surface area contributed by atoms with Crippen molar-refractivity contribution in [3.63, 3.8) is 0 Å². The van der Waals surface area contributed by atoms with E-state index in [1.54, 1.807) is 0 Å². The van der Waals surface area contributed by atoms with Crippen LogP contribution in [0.3, 0.4) is 0 Å². The molecule has 0 fully saturated rings. The zero-order valence-corrected chi connectivity index (χ0v) is 35.1. The number of fused-ring (bicyclic) bond motifs is 11. The smallest absolute Gasteiger partial charge is 0.162 e. The minimum absolute atomic E-state index is 0.685. The second-order valence-corrected chi connectivity index (χ2v) is 16.7. The number of hydrogen-bond acceptors (Lipinski definition) is 4. The van der Waals surface area contributed by atoms with Gasteiger partial charge in [-0.05, 0) is 84.9 Å². The molecular weight excluding hydrogens is 791 g/mol. The van der Waals surface area contributed by atoms with E-state index in [1.165, 1.54) is 37.9 Å². The maximum absolute atomic E-state index is 6.73. The maximum Gasteiger partial charge on any atom is 0.162 e. The van der Waals surface area contributed by atoms with Crippen molar-refractivity contribution in [1.82, 2.24) is 15.0 Å². The molecule has 4 heteroatoms. The minimum atomic E-state index is 0.685. The molecule has 0 unspecified atom stereocenters. The third-order valence-electron chi connectivity index (χ3n) is 12.9. The van der Waals surface area contributed by atoms with Crippen LogP contribution in [0.15, 0.2) is 229 Å². The average Bonchev–Trinajstić information content (AvgIpc) is 3.79. The van der Waals surface area contributed by atoms with Crippen molar-refractivity contribution in [3.8, 4) is 67.4 Å². The highest BCUT2D eigenvalue weighted by molar-refractivity contribution is 6.26. The van der Waals surface area contributed by atoms with Crippen LogP contribution in [0.5, 0.6) is 0 Å². The zero-order valence-electron chi connectivity index (χ0n) is 35.1. The molecule has 65 heavy (non-hydrogen) atoms. The van der Waals surface area contributed by atoms with Gasteiger partial charge in [0.2, 0.25) is 0 Å². The molecule has 0 spiro atoms. The highest BCUT2D eigenvalue weighted by atomic mass is 16.3. The van der Waals surface area contributed by atoms with E-state index in [0.29, 0.717) is 5.82 Å². The lowest BCUT2D eigenvalue weighted by molar-refractivity contribution is 0.669.